The number of carboxylic acids is 1. The molecular weight excluding hydrogens is 256 g/mol. The van der Waals surface area contributed by atoms with E-state index in [1.165, 1.54) is 6.07 Å². The molecular formula is C12H11ClN2O3. The van der Waals surface area contributed by atoms with Crippen LogP contribution in [0.5, 0.6) is 0 Å². The Morgan fingerprint density at radius 2 is 2.11 bits per heavy atom. The van der Waals surface area contributed by atoms with Crippen molar-refractivity contribution in [2.45, 2.75) is 12.1 Å². The maximum Gasteiger partial charge on any atom is 0.323 e. The van der Waals surface area contributed by atoms with E-state index in [0.717, 1.165) is 0 Å². The van der Waals surface area contributed by atoms with Gasteiger partial charge in [0.25, 0.3) is 0 Å². The van der Waals surface area contributed by atoms with E-state index in [2.05, 4.69) is 4.98 Å². The van der Waals surface area contributed by atoms with Crippen LogP contribution in [0.3, 0.4) is 0 Å². The van der Waals surface area contributed by atoms with Gasteiger partial charge in [-0.25, -0.2) is 0 Å². The standard InChI is InChI=1S/C12H11ClN2O3/c13-8-4-3-7(11(16)9(14)12(17)18)10-6(8)2-1-5-15-10/h1-5,9,11,16H,14H2,(H,17,18). The lowest BCUT2D eigenvalue weighted by Crippen LogP contribution is -2.36. The van der Waals surface area contributed by atoms with Crippen LogP contribution in [-0.4, -0.2) is 27.2 Å². The largest absolute Gasteiger partial charge is 0.480 e. The molecule has 18 heavy (non-hydrogen) atoms. The zero-order chi connectivity index (χ0) is 13.3. The summed E-state index contributed by atoms with van der Waals surface area (Å²) in [5, 5.41) is 19.9. The first-order valence-corrected chi connectivity index (χ1v) is 5.59. The van der Waals surface area contributed by atoms with Gasteiger partial charge in [0.15, 0.2) is 0 Å². The SMILES string of the molecule is NC(C(=O)O)C(O)c1ccc(Cl)c2cccnc12. The average molecular weight is 267 g/mol. The van der Waals surface area contributed by atoms with Gasteiger partial charge in [-0.2, -0.15) is 0 Å². The summed E-state index contributed by atoms with van der Waals surface area (Å²) >= 11 is 6.01. The minimum atomic E-state index is -1.41. The molecule has 0 radical (unpaired) electrons. The van der Waals surface area contributed by atoms with Crippen molar-refractivity contribution in [3.05, 3.63) is 41.0 Å². The number of nitrogens with two attached hydrogens (primary N) is 1. The quantitative estimate of drug-likeness (QED) is 0.779. The summed E-state index contributed by atoms with van der Waals surface area (Å²) in [5.41, 5.74) is 6.22. The van der Waals surface area contributed by atoms with Crippen LogP contribution in [0, 0.1) is 0 Å². The number of aromatic nitrogens is 1. The number of hydrogen-bond donors (Lipinski definition) is 3. The van der Waals surface area contributed by atoms with Crippen molar-refractivity contribution in [3.63, 3.8) is 0 Å². The molecule has 1 aromatic heterocycles. The summed E-state index contributed by atoms with van der Waals surface area (Å²) in [5.74, 6) is -1.28. The van der Waals surface area contributed by atoms with E-state index in [4.69, 9.17) is 22.4 Å². The molecule has 6 heteroatoms. The van der Waals surface area contributed by atoms with Crippen molar-refractivity contribution >= 4 is 28.5 Å². The monoisotopic (exact) mass is 266 g/mol. The van der Waals surface area contributed by atoms with Gasteiger partial charge in [0, 0.05) is 22.2 Å². The summed E-state index contributed by atoms with van der Waals surface area (Å²) in [6.45, 7) is 0. The van der Waals surface area contributed by atoms with Gasteiger partial charge in [-0.3, -0.25) is 9.78 Å². The van der Waals surface area contributed by atoms with Gasteiger partial charge in [0.2, 0.25) is 0 Å². The molecule has 1 heterocycles. The number of fused-ring (bicyclic) bond motifs is 1. The third-order valence-electron chi connectivity index (χ3n) is 2.69. The first-order valence-electron chi connectivity index (χ1n) is 5.22. The number of nitrogens with zero attached hydrogens (tertiary/aromatic N) is 1. The highest BCUT2D eigenvalue weighted by atomic mass is 35.5. The molecule has 2 unspecified atom stereocenters. The van der Waals surface area contributed by atoms with E-state index in [9.17, 15) is 9.90 Å². The van der Waals surface area contributed by atoms with Gasteiger partial charge in [-0.15, -0.1) is 0 Å². The lowest BCUT2D eigenvalue weighted by Gasteiger charge is -2.17. The van der Waals surface area contributed by atoms with Crippen LogP contribution < -0.4 is 5.73 Å². The maximum atomic E-state index is 10.8. The fourth-order valence-corrected chi connectivity index (χ4v) is 1.94. The third kappa shape index (κ3) is 2.15. The fourth-order valence-electron chi connectivity index (χ4n) is 1.73. The van der Waals surface area contributed by atoms with Crippen LogP contribution in [0.25, 0.3) is 10.9 Å². The lowest BCUT2D eigenvalue weighted by atomic mass is 10.00. The molecule has 4 N–H and O–H groups in total. The predicted octanol–water partition coefficient (Wildman–Crippen LogP) is 1.33. The first-order chi connectivity index (χ1) is 8.52. The number of aliphatic carboxylic acids is 1. The van der Waals surface area contributed by atoms with Gasteiger partial charge < -0.3 is 15.9 Å². The molecule has 0 saturated heterocycles. The molecule has 0 fully saturated rings. The Bertz CT molecular complexity index is 603. The van der Waals surface area contributed by atoms with E-state index in [0.29, 0.717) is 21.5 Å². The zero-order valence-electron chi connectivity index (χ0n) is 9.25. The number of carboxylic acid groups (broad SMARTS) is 1. The molecule has 2 rings (SSSR count). The molecule has 94 valence electrons. The van der Waals surface area contributed by atoms with Crippen molar-refractivity contribution in [1.82, 2.24) is 4.98 Å². The van der Waals surface area contributed by atoms with Gasteiger partial charge in [0.1, 0.15) is 12.1 Å². The van der Waals surface area contributed by atoms with Gasteiger partial charge in [-0.1, -0.05) is 17.7 Å². The van der Waals surface area contributed by atoms with Gasteiger partial charge in [0.05, 0.1) is 5.52 Å². The zero-order valence-corrected chi connectivity index (χ0v) is 10.0. The molecule has 0 aliphatic carbocycles. The fraction of sp³-hybridized carbons (Fsp3) is 0.167. The highest BCUT2D eigenvalue weighted by Gasteiger charge is 2.25. The average Bonchev–Trinajstić information content (AvgIpc) is 2.38. The number of halogens is 1. The van der Waals surface area contributed by atoms with Crippen molar-refractivity contribution in [3.8, 4) is 0 Å². The number of benzene rings is 1. The Kier molecular flexibility index (Phi) is 3.47. The molecule has 2 atom stereocenters. The number of pyridine rings is 1. The normalized spacial score (nSPS) is 14.4. The molecule has 2 aromatic rings. The lowest BCUT2D eigenvalue weighted by molar-refractivity contribution is -0.141. The molecule has 0 amide bonds. The Hall–Kier alpha value is -1.69. The summed E-state index contributed by atoms with van der Waals surface area (Å²) in [6.07, 6.45) is 0.207. The van der Waals surface area contributed by atoms with Crippen LogP contribution in [0.15, 0.2) is 30.5 Å². The van der Waals surface area contributed by atoms with Crippen LogP contribution in [0.2, 0.25) is 5.02 Å². The van der Waals surface area contributed by atoms with Crippen molar-refractivity contribution in [2.24, 2.45) is 5.73 Å². The summed E-state index contributed by atoms with van der Waals surface area (Å²) < 4.78 is 0. The number of aliphatic hydroxyl groups is 1. The van der Waals surface area contributed by atoms with Crippen molar-refractivity contribution in [1.29, 1.82) is 0 Å². The summed E-state index contributed by atoms with van der Waals surface area (Å²) in [6, 6.07) is 5.16. The second-order valence-corrected chi connectivity index (χ2v) is 4.25. The predicted molar refractivity (Wildman–Crippen MR) is 67.3 cm³/mol. The minimum absolute atomic E-state index is 0.352. The molecule has 0 aliphatic heterocycles. The van der Waals surface area contributed by atoms with Crippen LogP contribution in [0.1, 0.15) is 11.7 Å². The second kappa shape index (κ2) is 4.89. The summed E-state index contributed by atoms with van der Waals surface area (Å²) in [7, 11) is 0. The van der Waals surface area contributed by atoms with Crippen LogP contribution >= 0.6 is 11.6 Å². The molecule has 5 nitrogen and oxygen atoms in total. The van der Waals surface area contributed by atoms with Crippen molar-refractivity contribution in [2.75, 3.05) is 0 Å². The highest BCUT2D eigenvalue weighted by molar-refractivity contribution is 6.35. The first kappa shape index (κ1) is 12.8. The topological polar surface area (TPSA) is 96.4 Å². The maximum absolute atomic E-state index is 10.8. The molecule has 1 aromatic carbocycles. The van der Waals surface area contributed by atoms with E-state index in [-0.39, 0.29) is 0 Å². The Balaban J connectivity index is 2.58. The highest BCUT2D eigenvalue weighted by Crippen LogP contribution is 2.29. The molecule has 0 bridgehead atoms. The Morgan fingerprint density at radius 3 is 2.78 bits per heavy atom. The number of carbonyl (C=O) groups is 1. The van der Waals surface area contributed by atoms with Gasteiger partial charge in [-0.05, 0) is 18.2 Å². The number of hydrogen-bond acceptors (Lipinski definition) is 4. The molecule has 0 spiro atoms. The van der Waals surface area contributed by atoms with Crippen LogP contribution in [-0.2, 0) is 4.79 Å². The van der Waals surface area contributed by atoms with E-state index < -0.39 is 18.1 Å². The number of aliphatic hydroxyl groups excluding tert-OH is 1. The Labute approximate surface area is 108 Å². The second-order valence-electron chi connectivity index (χ2n) is 3.85. The summed E-state index contributed by atoms with van der Waals surface area (Å²) in [4.78, 5) is 14.9. The molecule has 0 saturated carbocycles. The van der Waals surface area contributed by atoms with Crippen LogP contribution in [0.4, 0.5) is 0 Å². The molecule has 0 aliphatic rings. The van der Waals surface area contributed by atoms with E-state index >= 15 is 0 Å². The Morgan fingerprint density at radius 1 is 1.39 bits per heavy atom. The van der Waals surface area contributed by atoms with Crippen molar-refractivity contribution < 1.29 is 15.0 Å². The minimum Gasteiger partial charge on any atom is -0.480 e. The van der Waals surface area contributed by atoms with Gasteiger partial charge >= 0.3 is 5.97 Å². The smallest absolute Gasteiger partial charge is 0.323 e. The van der Waals surface area contributed by atoms with E-state index in [1.807, 2.05) is 0 Å². The van der Waals surface area contributed by atoms with E-state index in [1.54, 1.807) is 24.4 Å². The third-order valence-corrected chi connectivity index (χ3v) is 3.02. The number of rotatable bonds is 3.